The van der Waals surface area contributed by atoms with Gasteiger partial charge in [-0.25, -0.2) is 4.79 Å². The molecule has 1 fully saturated rings. The molecule has 1 aliphatic rings. The van der Waals surface area contributed by atoms with E-state index < -0.39 is 41.4 Å². The molecule has 1 N–H and O–H groups in total. The van der Waals surface area contributed by atoms with Gasteiger partial charge in [-0.1, -0.05) is 0 Å². The highest BCUT2D eigenvalue weighted by molar-refractivity contribution is 6.28. The standard InChI is InChI=1S/C22H20F3N3O5/c1-11-9-15(33-14-7-5-13(6-8-14)22(23,24)25)10-12(2)17(11)26-18(29)16-19(30)27(3)21(32)28(4)20(16)31/h5-10,16H,1-4H3,(H,26,29). The molecule has 0 saturated carbocycles. The zero-order chi connectivity index (χ0) is 24.7. The van der Waals surface area contributed by atoms with Crippen LogP contribution in [0.25, 0.3) is 0 Å². The Morgan fingerprint density at radius 1 is 0.909 bits per heavy atom. The first-order valence-electron chi connectivity index (χ1n) is 9.67. The third kappa shape index (κ3) is 4.66. The molecule has 11 heteroatoms. The molecule has 2 aromatic rings. The molecule has 8 nitrogen and oxygen atoms in total. The minimum Gasteiger partial charge on any atom is -0.457 e. The fraction of sp³-hybridized carbons (Fsp3) is 0.273. The molecule has 1 aliphatic heterocycles. The second-order valence-electron chi connectivity index (χ2n) is 7.56. The maximum absolute atomic E-state index is 12.7. The predicted molar refractivity (Wildman–Crippen MR) is 110 cm³/mol. The quantitative estimate of drug-likeness (QED) is 0.698. The number of ether oxygens (including phenoxy) is 1. The van der Waals surface area contributed by atoms with Crippen molar-refractivity contribution in [1.82, 2.24) is 9.80 Å². The van der Waals surface area contributed by atoms with Crippen LogP contribution in [-0.2, 0) is 20.6 Å². The lowest BCUT2D eigenvalue weighted by Crippen LogP contribution is -2.59. The zero-order valence-corrected chi connectivity index (χ0v) is 18.1. The van der Waals surface area contributed by atoms with Gasteiger partial charge in [-0.2, -0.15) is 13.2 Å². The van der Waals surface area contributed by atoms with Crippen molar-refractivity contribution in [3.05, 3.63) is 53.1 Å². The Labute approximate surface area is 186 Å². The number of aryl methyl sites for hydroxylation is 2. The largest absolute Gasteiger partial charge is 0.457 e. The van der Waals surface area contributed by atoms with Crippen LogP contribution in [0.4, 0.5) is 23.7 Å². The minimum absolute atomic E-state index is 0.188. The van der Waals surface area contributed by atoms with Crippen molar-refractivity contribution in [2.75, 3.05) is 19.4 Å². The third-order valence-electron chi connectivity index (χ3n) is 5.16. The monoisotopic (exact) mass is 463 g/mol. The van der Waals surface area contributed by atoms with E-state index in [1.807, 2.05) is 0 Å². The van der Waals surface area contributed by atoms with Gasteiger partial charge in [-0.15, -0.1) is 0 Å². The van der Waals surface area contributed by atoms with Crippen LogP contribution in [-0.4, -0.2) is 47.6 Å². The molecule has 0 bridgehead atoms. The summed E-state index contributed by atoms with van der Waals surface area (Å²) in [6.07, 6.45) is -4.45. The number of imide groups is 2. The van der Waals surface area contributed by atoms with E-state index in [-0.39, 0.29) is 5.75 Å². The number of nitrogens with one attached hydrogen (secondary N) is 1. The smallest absolute Gasteiger partial charge is 0.416 e. The first-order chi connectivity index (χ1) is 15.3. The Morgan fingerprint density at radius 3 is 1.85 bits per heavy atom. The van der Waals surface area contributed by atoms with Gasteiger partial charge in [0.15, 0.2) is 5.92 Å². The van der Waals surface area contributed by atoms with Gasteiger partial charge < -0.3 is 10.1 Å². The SMILES string of the molecule is Cc1cc(Oc2ccc(C(F)(F)F)cc2)cc(C)c1NC(=O)C1C(=O)N(C)C(=O)N(C)C1=O. The van der Waals surface area contributed by atoms with E-state index in [4.69, 9.17) is 4.74 Å². The third-order valence-corrected chi connectivity index (χ3v) is 5.16. The molecule has 3 rings (SSSR count). The Kier molecular flexibility index (Phi) is 6.17. The van der Waals surface area contributed by atoms with Crippen molar-refractivity contribution in [3.63, 3.8) is 0 Å². The first-order valence-corrected chi connectivity index (χ1v) is 9.67. The number of alkyl halides is 3. The maximum Gasteiger partial charge on any atom is 0.416 e. The number of barbiturate groups is 1. The van der Waals surface area contributed by atoms with Gasteiger partial charge in [0.2, 0.25) is 5.91 Å². The molecule has 33 heavy (non-hydrogen) atoms. The van der Waals surface area contributed by atoms with Crippen LogP contribution in [0.5, 0.6) is 11.5 Å². The Balaban J connectivity index is 1.79. The van der Waals surface area contributed by atoms with Gasteiger partial charge in [-0.3, -0.25) is 24.2 Å². The summed E-state index contributed by atoms with van der Waals surface area (Å²) in [5, 5.41) is 2.55. The van der Waals surface area contributed by atoms with Crippen LogP contribution in [0.2, 0.25) is 0 Å². The number of hydrogen-bond acceptors (Lipinski definition) is 5. The highest BCUT2D eigenvalue weighted by Crippen LogP contribution is 2.33. The van der Waals surface area contributed by atoms with Crippen LogP contribution in [0.3, 0.4) is 0 Å². The molecule has 174 valence electrons. The second-order valence-corrected chi connectivity index (χ2v) is 7.56. The average molecular weight is 463 g/mol. The van der Waals surface area contributed by atoms with Gasteiger partial charge in [0, 0.05) is 19.8 Å². The average Bonchev–Trinajstić information content (AvgIpc) is 2.73. The van der Waals surface area contributed by atoms with Gasteiger partial charge in [-0.05, 0) is 61.4 Å². The predicted octanol–water partition coefficient (Wildman–Crippen LogP) is 3.72. The number of benzene rings is 2. The van der Waals surface area contributed by atoms with Crippen molar-refractivity contribution in [2.24, 2.45) is 5.92 Å². The Hall–Kier alpha value is -3.89. The van der Waals surface area contributed by atoms with E-state index in [0.29, 0.717) is 32.4 Å². The number of amides is 5. The molecular weight excluding hydrogens is 443 g/mol. The molecule has 0 aromatic heterocycles. The summed E-state index contributed by atoms with van der Waals surface area (Å²) in [4.78, 5) is 50.7. The number of hydrogen-bond donors (Lipinski definition) is 1. The van der Waals surface area contributed by atoms with Crippen molar-refractivity contribution in [3.8, 4) is 11.5 Å². The van der Waals surface area contributed by atoms with E-state index in [2.05, 4.69) is 5.32 Å². The van der Waals surface area contributed by atoms with Gasteiger partial charge in [0.1, 0.15) is 11.5 Å². The van der Waals surface area contributed by atoms with Crippen LogP contribution in [0.15, 0.2) is 36.4 Å². The lowest BCUT2D eigenvalue weighted by molar-refractivity contribution is -0.151. The highest BCUT2D eigenvalue weighted by atomic mass is 19.4. The Morgan fingerprint density at radius 2 is 1.39 bits per heavy atom. The van der Waals surface area contributed by atoms with E-state index in [9.17, 15) is 32.3 Å². The van der Waals surface area contributed by atoms with E-state index in [1.54, 1.807) is 26.0 Å². The summed E-state index contributed by atoms with van der Waals surface area (Å²) in [6.45, 7) is 3.29. The van der Waals surface area contributed by atoms with Crippen molar-refractivity contribution < 1.29 is 37.1 Å². The Bertz CT molecular complexity index is 1100. The number of halogens is 3. The maximum atomic E-state index is 12.7. The summed E-state index contributed by atoms with van der Waals surface area (Å²) in [6, 6.07) is 6.46. The molecular formula is C22H20F3N3O5. The highest BCUT2D eigenvalue weighted by Gasteiger charge is 2.46. The summed E-state index contributed by atoms with van der Waals surface area (Å²) < 4.78 is 43.7. The zero-order valence-electron chi connectivity index (χ0n) is 18.1. The minimum atomic E-state index is -4.45. The summed E-state index contributed by atoms with van der Waals surface area (Å²) >= 11 is 0. The van der Waals surface area contributed by atoms with Crippen molar-refractivity contribution >= 4 is 29.4 Å². The molecule has 0 atom stereocenters. The number of carbonyl (C=O) groups is 4. The van der Waals surface area contributed by atoms with Crippen LogP contribution < -0.4 is 10.1 Å². The lowest BCUT2D eigenvalue weighted by Gasteiger charge is -2.32. The van der Waals surface area contributed by atoms with Gasteiger partial charge in [0.25, 0.3) is 11.8 Å². The van der Waals surface area contributed by atoms with Gasteiger partial charge >= 0.3 is 12.2 Å². The number of carbonyl (C=O) groups excluding carboxylic acids is 4. The molecule has 1 heterocycles. The molecule has 0 spiro atoms. The molecule has 0 radical (unpaired) electrons. The number of anilines is 1. The van der Waals surface area contributed by atoms with Crippen molar-refractivity contribution in [2.45, 2.75) is 20.0 Å². The van der Waals surface area contributed by atoms with E-state index >= 15 is 0 Å². The summed E-state index contributed by atoms with van der Waals surface area (Å²) in [7, 11) is 2.36. The number of rotatable bonds is 4. The summed E-state index contributed by atoms with van der Waals surface area (Å²) in [5.41, 5.74) is 0.588. The van der Waals surface area contributed by atoms with E-state index in [0.717, 1.165) is 12.1 Å². The van der Waals surface area contributed by atoms with Crippen LogP contribution >= 0.6 is 0 Å². The molecule has 2 aromatic carbocycles. The van der Waals surface area contributed by atoms with E-state index in [1.165, 1.54) is 26.2 Å². The molecule has 0 unspecified atom stereocenters. The lowest BCUT2D eigenvalue weighted by atomic mass is 10.0. The van der Waals surface area contributed by atoms with Crippen LogP contribution in [0, 0.1) is 19.8 Å². The fourth-order valence-electron chi connectivity index (χ4n) is 3.35. The molecule has 0 aliphatic carbocycles. The topological polar surface area (TPSA) is 96.0 Å². The van der Waals surface area contributed by atoms with Crippen LogP contribution in [0.1, 0.15) is 16.7 Å². The fourth-order valence-corrected chi connectivity index (χ4v) is 3.35. The number of urea groups is 1. The molecule has 5 amide bonds. The molecule has 1 saturated heterocycles. The normalized spacial score (nSPS) is 15.2. The van der Waals surface area contributed by atoms with Crippen molar-refractivity contribution in [1.29, 1.82) is 0 Å². The second kappa shape index (κ2) is 8.57. The summed E-state index contributed by atoms with van der Waals surface area (Å²) in [5.74, 6) is -3.96. The number of nitrogens with zero attached hydrogens (tertiary/aromatic N) is 2. The van der Waals surface area contributed by atoms with Gasteiger partial charge in [0.05, 0.1) is 5.56 Å². The first kappa shape index (κ1) is 23.8.